The fourth-order valence-electron chi connectivity index (χ4n) is 2.72. The van der Waals surface area contributed by atoms with Crippen LogP contribution in [0.1, 0.15) is 26.3 Å². The van der Waals surface area contributed by atoms with Crippen molar-refractivity contribution in [2.75, 3.05) is 32.9 Å². The first-order valence-electron chi connectivity index (χ1n) is 8.67. The van der Waals surface area contributed by atoms with E-state index in [2.05, 4.69) is 10.6 Å². The zero-order chi connectivity index (χ0) is 17.4. The Morgan fingerprint density at radius 1 is 1.29 bits per heavy atom. The predicted molar refractivity (Wildman–Crippen MR) is 92.7 cm³/mol. The molecule has 1 aliphatic heterocycles. The Morgan fingerprint density at radius 2 is 2.04 bits per heavy atom. The molecular formula is C18H28N2O4. The molecule has 24 heavy (non-hydrogen) atoms. The largest absolute Gasteiger partial charge is 0.490 e. The maximum atomic E-state index is 12.2. The van der Waals surface area contributed by atoms with E-state index in [4.69, 9.17) is 14.2 Å². The minimum absolute atomic E-state index is 0.0156. The van der Waals surface area contributed by atoms with Gasteiger partial charge in [-0.25, -0.2) is 0 Å². The van der Waals surface area contributed by atoms with E-state index < -0.39 is 0 Å². The molecule has 2 rings (SSSR count). The molecule has 1 fully saturated rings. The Balaban J connectivity index is 1.87. The van der Waals surface area contributed by atoms with Crippen LogP contribution in [-0.2, 0) is 16.0 Å². The van der Waals surface area contributed by atoms with Crippen molar-refractivity contribution in [2.24, 2.45) is 0 Å². The number of nitrogens with one attached hydrogen (secondary N) is 2. The molecule has 1 aliphatic rings. The van der Waals surface area contributed by atoms with Gasteiger partial charge in [0.2, 0.25) is 5.91 Å². The summed E-state index contributed by atoms with van der Waals surface area (Å²) >= 11 is 0. The van der Waals surface area contributed by atoms with Crippen molar-refractivity contribution in [3.05, 3.63) is 23.8 Å². The van der Waals surface area contributed by atoms with Crippen LogP contribution in [0, 0.1) is 0 Å². The molecule has 1 heterocycles. The van der Waals surface area contributed by atoms with Crippen LogP contribution in [0.2, 0.25) is 0 Å². The number of hydrogen-bond donors (Lipinski definition) is 2. The average Bonchev–Trinajstić information content (AvgIpc) is 2.58. The van der Waals surface area contributed by atoms with Gasteiger partial charge in [-0.1, -0.05) is 6.07 Å². The second-order valence-corrected chi connectivity index (χ2v) is 5.70. The number of carbonyl (C=O) groups excluding carboxylic acids is 1. The lowest BCUT2D eigenvalue weighted by Crippen LogP contribution is -2.55. The van der Waals surface area contributed by atoms with Crippen molar-refractivity contribution in [3.63, 3.8) is 0 Å². The first-order valence-corrected chi connectivity index (χ1v) is 8.67. The number of hydrogen-bond acceptors (Lipinski definition) is 5. The molecule has 0 unspecified atom stereocenters. The number of ether oxygens (including phenoxy) is 3. The van der Waals surface area contributed by atoms with Gasteiger partial charge in [-0.15, -0.1) is 0 Å². The maximum Gasteiger partial charge on any atom is 0.239 e. The zero-order valence-corrected chi connectivity index (χ0v) is 14.8. The molecule has 2 atom stereocenters. The summed E-state index contributed by atoms with van der Waals surface area (Å²) in [5, 5.41) is 6.16. The number of benzene rings is 1. The summed E-state index contributed by atoms with van der Waals surface area (Å²) < 4.78 is 16.7. The summed E-state index contributed by atoms with van der Waals surface area (Å²) in [4.78, 5) is 12.2. The van der Waals surface area contributed by atoms with Crippen LogP contribution in [0.15, 0.2) is 18.2 Å². The molecule has 1 aromatic rings. The van der Waals surface area contributed by atoms with E-state index in [0.29, 0.717) is 32.9 Å². The first kappa shape index (κ1) is 18.5. The van der Waals surface area contributed by atoms with Crippen LogP contribution in [-0.4, -0.2) is 51.0 Å². The second-order valence-electron chi connectivity index (χ2n) is 5.70. The molecule has 1 aromatic carbocycles. The average molecular weight is 336 g/mol. The highest BCUT2D eigenvalue weighted by atomic mass is 16.5. The molecule has 0 saturated carbocycles. The molecule has 0 aromatic heterocycles. The van der Waals surface area contributed by atoms with Crippen molar-refractivity contribution in [1.82, 2.24) is 10.6 Å². The zero-order valence-electron chi connectivity index (χ0n) is 14.8. The molecule has 1 amide bonds. The number of rotatable bonds is 8. The van der Waals surface area contributed by atoms with Gasteiger partial charge in [0.1, 0.15) is 6.04 Å². The molecule has 0 spiro atoms. The molecule has 0 aliphatic carbocycles. The summed E-state index contributed by atoms with van der Waals surface area (Å²) in [6, 6.07) is 5.62. The van der Waals surface area contributed by atoms with Gasteiger partial charge in [-0.3, -0.25) is 4.79 Å². The normalized spacial score (nSPS) is 20.5. The Bertz CT molecular complexity index is 536. The third-order valence-corrected chi connectivity index (χ3v) is 3.92. The van der Waals surface area contributed by atoms with Crippen LogP contribution in [0.5, 0.6) is 11.5 Å². The minimum Gasteiger partial charge on any atom is -0.490 e. The lowest BCUT2D eigenvalue weighted by atomic mass is 10.1. The van der Waals surface area contributed by atoms with Gasteiger partial charge < -0.3 is 24.8 Å². The standard InChI is InChI=1S/C18H28N2O4/c1-4-22-15-7-6-14(12-16(15)23-5-2)8-9-20-18(21)17-13(3)24-11-10-19-17/h6-7,12-13,17,19H,4-5,8-11H2,1-3H3,(H,20,21)/t13-,17+/m1/s1. The monoisotopic (exact) mass is 336 g/mol. The van der Waals surface area contributed by atoms with E-state index in [0.717, 1.165) is 23.5 Å². The third-order valence-electron chi connectivity index (χ3n) is 3.92. The molecule has 2 N–H and O–H groups in total. The summed E-state index contributed by atoms with van der Waals surface area (Å²) in [5.41, 5.74) is 1.10. The van der Waals surface area contributed by atoms with Crippen molar-refractivity contribution < 1.29 is 19.0 Å². The smallest absolute Gasteiger partial charge is 0.239 e. The van der Waals surface area contributed by atoms with Crippen LogP contribution >= 0.6 is 0 Å². The van der Waals surface area contributed by atoms with Crippen molar-refractivity contribution in [3.8, 4) is 11.5 Å². The fraction of sp³-hybridized carbons (Fsp3) is 0.611. The van der Waals surface area contributed by atoms with Gasteiger partial charge in [-0.05, 0) is 44.9 Å². The Hall–Kier alpha value is -1.79. The Kier molecular flexibility index (Phi) is 7.34. The molecule has 6 heteroatoms. The molecule has 0 bridgehead atoms. The fourth-order valence-corrected chi connectivity index (χ4v) is 2.72. The first-order chi connectivity index (χ1) is 11.7. The molecule has 1 saturated heterocycles. The van der Waals surface area contributed by atoms with Gasteiger partial charge in [0, 0.05) is 13.1 Å². The second kappa shape index (κ2) is 9.49. The van der Waals surface area contributed by atoms with Crippen molar-refractivity contribution in [1.29, 1.82) is 0 Å². The van der Waals surface area contributed by atoms with Gasteiger partial charge in [-0.2, -0.15) is 0 Å². The Labute approximate surface area is 143 Å². The summed E-state index contributed by atoms with van der Waals surface area (Å²) in [6.07, 6.45) is 0.633. The minimum atomic E-state index is -0.280. The molecule has 0 radical (unpaired) electrons. The van der Waals surface area contributed by atoms with E-state index in [1.54, 1.807) is 0 Å². The predicted octanol–water partition coefficient (Wildman–Crippen LogP) is 1.52. The van der Waals surface area contributed by atoms with Gasteiger partial charge in [0.25, 0.3) is 0 Å². The van der Waals surface area contributed by atoms with Crippen LogP contribution in [0.4, 0.5) is 0 Å². The van der Waals surface area contributed by atoms with Gasteiger partial charge >= 0.3 is 0 Å². The topological polar surface area (TPSA) is 68.8 Å². The van der Waals surface area contributed by atoms with Crippen LogP contribution in [0.3, 0.4) is 0 Å². The van der Waals surface area contributed by atoms with Gasteiger partial charge in [0.15, 0.2) is 11.5 Å². The summed E-state index contributed by atoms with van der Waals surface area (Å²) in [6.45, 7) is 8.93. The van der Waals surface area contributed by atoms with E-state index >= 15 is 0 Å². The van der Waals surface area contributed by atoms with Crippen molar-refractivity contribution >= 4 is 5.91 Å². The quantitative estimate of drug-likeness (QED) is 0.753. The summed E-state index contributed by atoms with van der Waals surface area (Å²) in [7, 11) is 0. The van der Waals surface area contributed by atoms with Crippen LogP contribution in [0.25, 0.3) is 0 Å². The highest BCUT2D eigenvalue weighted by Gasteiger charge is 2.27. The van der Waals surface area contributed by atoms with E-state index in [1.807, 2.05) is 39.0 Å². The molecule has 6 nitrogen and oxygen atoms in total. The maximum absolute atomic E-state index is 12.2. The highest BCUT2D eigenvalue weighted by molar-refractivity contribution is 5.82. The molecular weight excluding hydrogens is 308 g/mol. The highest BCUT2D eigenvalue weighted by Crippen LogP contribution is 2.28. The van der Waals surface area contributed by atoms with E-state index in [-0.39, 0.29) is 18.1 Å². The van der Waals surface area contributed by atoms with Gasteiger partial charge in [0.05, 0.1) is 25.9 Å². The third kappa shape index (κ3) is 5.11. The number of carbonyl (C=O) groups is 1. The molecule has 134 valence electrons. The van der Waals surface area contributed by atoms with Crippen LogP contribution < -0.4 is 20.1 Å². The SMILES string of the molecule is CCOc1ccc(CCNC(=O)[C@H]2NCCO[C@@H]2C)cc1OCC. The number of morpholine rings is 1. The summed E-state index contributed by atoms with van der Waals surface area (Å²) in [5.74, 6) is 1.49. The van der Waals surface area contributed by atoms with E-state index in [1.165, 1.54) is 0 Å². The van der Waals surface area contributed by atoms with E-state index in [9.17, 15) is 4.79 Å². The number of amides is 1. The Morgan fingerprint density at radius 3 is 2.75 bits per heavy atom. The van der Waals surface area contributed by atoms with Crippen molar-refractivity contribution in [2.45, 2.75) is 39.3 Å². The lowest BCUT2D eigenvalue weighted by molar-refractivity contribution is -0.128. The lowest BCUT2D eigenvalue weighted by Gasteiger charge is -2.29.